The first-order valence-electron chi connectivity index (χ1n) is 5.91. The molecule has 0 radical (unpaired) electrons. The summed E-state index contributed by atoms with van der Waals surface area (Å²) in [5.74, 6) is 0.587. The van der Waals surface area contributed by atoms with Gasteiger partial charge in [-0.3, -0.25) is 0 Å². The lowest BCUT2D eigenvalue weighted by Gasteiger charge is -2.04. The van der Waals surface area contributed by atoms with E-state index < -0.39 is 6.10 Å². The van der Waals surface area contributed by atoms with E-state index in [9.17, 15) is 10.2 Å². The molecule has 1 aromatic heterocycles. The molecule has 94 valence electrons. The van der Waals surface area contributed by atoms with Gasteiger partial charge in [0.05, 0.1) is 12.4 Å². The number of rotatable bonds is 7. The van der Waals surface area contributed by atoms with Crippen LogP contribution in [0.1, 0.15) is 38.1 Å². The van der Waals surface area contributed by atoms with Crippen LogP contribution in [0.4, 0.5) is 0 Å². The summed E-state index contributed by atoms with van der Waals surface area (Å²) in [5, 5.41) is 19.1. The van der Waals surface area contributed by atoms with E-state index in [4.69, 9.17) is 4.42 Å². The van der Waals surface area contributed by atoms with Crippen LogP contribution < -0.4 is 0 Å². The summed E-state index contributed by atoms with van der Waals surface area (Å²) >= 11 is 0. The van der Waals surface area contributed by atoms with Crippen LogP contribution in [-0.2, 0) is 0 Å². The predicted octanol–water partition coefficient (Wildman–Crippen LogP) is 2.98. The van der Waals surface area contributed by atoms with Gasteiger partial charge < -0.3 is 14.6 Å². The van der Waals surface area contributed by atoms with E-state index in [1.165, 1.54) is 0 Å². The van der Waals surface area contributed by atoms with Crippen molar-refractivity contribution in [2.45, 2.75) is 38.4 Å². The zero-order valence-corrected chi connectivity index (χ0v) is 10.1. The average molecular weight is 236 g/mol. The van der Waals surface area contributed by atoms with Crippen molar-refractivity contribution >= 4 is 0 Å². The van der Waals surface area contributed by atoms with Crippen molar-refractivity contribution in [1.29, 1.82) is 0 Å². The summed E-state index contributed by atoms with van der Waals surface area (Å²) in [6, 6.07) is 3.52. The van der Waals surface area contributed by atoms with Crippen molar-refractivity contribution in [3.05, 3.63) is 48.5 Å². The van der Waals surface area contributed by atoms with Gasteiger partial charge >= 0.3 is 0 Å². The van der Waals surface area contributed by atoms with Gasteiger partial charge in [0.2, 0.25) is 0 Å². The van der Waals surface area contributed by atoms with Crippen LogP contribution >= 0.6 is 0 Å². The van der Waals surface area contributed by atoms with Crippen molar-refractivity contribution in [2.24, 2.45) is 0 Å². The fraction of sp³-hybridized carbons (Fsp3) is 0.429. The van der Waals surface area contributed by atoms with Crippen molar-refractivity contribution < 1.29 is 14.6 Å². The summed E-state index contributed by atoms with van der Waals surface area (Å²) in [4.78, 5) is 0. The lowest BCUT2D eigenvalue weighted by Crippen LogP contribution is -2.00. The molecule has 0 aliphatic heterocycles. The number of allylic oxidation sites excluding steroid dienone is 2. The van der Waals surface area contributed by atoms with Crippen molar-refractivity contribution in [3.63, 3.8) is 0 Å². The van der Waals surface area contributed by atoms with Gasteiger partial charge in [-0.25, -0.2) is 0 Å². The third-order valence-electron chi connectivity index (χ3n) is 2.44. The molecule has 0 unspecified atom stereocenters. The Kier molecular flexibility index (Phi) is 6.37. The van der Waals surface area contributed by atoms with Gasteiger partial charge in [0.1, 0.15) is 11.9 Å². The zero-order valence-electron chi connectivity index (χ0n) is 10.1. The molecular weight excluding hydrogens is 216 g/mol. The fourth-order valence-corrected chi connectivity index (χ4v) is 1.53. The summed E-state index contributed by atoms with van der Waals surface area (Å²) in [5.41, 5.74) is 0. The first kappa shape index (κ1) is 13.7. The molecule has 3 heteroatoms. The minimum Gasteiger partial charge on any atom is -0.467 e. The molecule has 1 rings (SSSR count). The van der Waals surface area contributed by atoms with Crippen LogP contribution in [0.2, 0.25) is 0 Å². The Bertz CT molecular complexity index is 338. The van der Waals surface area contributed by atoms with Gasteiger partial charge in [-0.05, 0) is 38.3 Å². The van der Waals surface area contributed by atoms with Gasteiger partial charge in [-0.1, -0.05) is 24.3 Å². The van der Waals surface area contributed by atoms with Gasteiger partial charge in [-0.15, -0.1) is 0 Å². The van der Waals surface area contributed by atoms with Crippen LogP contribution in [0.5, 0.6) is 0 Å². The summed E-state index contributed by atoms with van der Waals surface area (Å²) in [7, 11) is 0. The van der Waals surface area contributed by atoms with Crippen LogP contribution in [-0.4, -0.2) is 16.3 Å². The van der Waals surface area contributed by atoms with Gasteiger partial charge in [-0.2, -0.15) is 0 Å². The van der Waals surface area contributed by atoms with Gasteiger partial charge in [0.15, 0.2) is 0 Å². The van der Waals surface area contributed by atoms with Gasteiger partial charge in [0.25, 0.3) is 0 Å². The van der Waals surface area contributed by atoms with E-state index in [1.54, 1.807) is 24.5 Å². The maximum Gasteiger partial charge on any atom is 0.132 e. The predicted molar refractivity (Wildman–Crippen MR) is 67.5 cm³/mol. The van der Waals surface area contributed by atoms with E-state index in [-0.39, 0.29) is 6.10 Å². The Balaban J connectivity index is 2.18. The highest BCUT2D eigenvalue weighted by atomic mass is 16.4. The fourth-order valence-electron chi connectivity index (χ4n) is 1.53. The normalized spacial score (nSPS) is 15.7. The molecule has 0 saturated carbocycles. The molecule has 1 heterocycles. The van der Waals surface area contributed by atoms with Crippen molar-refractivity contribution in [3.8, 4) is 0 Å². The van der Waals surface area contributed by atoms with E-state index in [1.807, 2.05) is 25.2 Å². The molecular formula is C14H20O3. The second-order valence-corrected chi connectivity index (χ2v) is 3.91. The minimum absolute atomic E-state index is 0.375. The number of hydrogen-bond donors (Lipinski definition) is 2. The maximum absolute atomic E-state index is 9.70. The summed E-state index contributed by atoms with van der Waals surface area (Å²) < 4.78 is 5.09. The van der Waals surface area contributed by atoms with E-state index in [2.05, 4.69) is 0 Å². The Morgan fingerprint density at radius 3 is 2.82 bits per heavy atom. The van der Waals surface area contributed by atoms with Crippen LogP contribution in [0.3, 0.4) is 0 Å². The molecule has 0 aliphatic rings. The molecule has 17 heavy (non-hydrogen) atoms. The highest BCUT2D eigenvalue weighted by Gasteiger charge is 2.07. The second-order valence-electron chi connectivity index (χ2n) is 3.91. The first-order chi connectivity index (χ1) is 8.24. The lowest BCUT2D eigenvalue weighted by molar-refractivity contribution is 0.153. The molecule has 0 bridgehead atoms. The highest BCUT2D eigenvalue weighted by molar-refractivity contribution is 5.03. The largest absolute Gasteiger partial charge is 0.467 e. The van der Waals surface area contributed by atoms with Crippen molar-refractivity contribution in [1.82, 2.24) is 0 Å². The number of furan rings is 1. The Labute approximate surface area is 102 Å². The second kappa shape index (κ2) is 7.87. The van der Waals surface area contributed by atoms with E-state index in [0.717, 1.165) is 6.42 Å². The van der Waals surface area contributed by atoms with E-state index >= 15 is 0 Å². The molecule has 3 nitrogen and oxygen atoms in total. The maximum atomic E-state index is 9.70. The third kappa shape index (κ3) is 5.52. The number of hydrogen-bond acceptors (Lipinski definition) is 3. The van der Waals surface area contributed by atoms with Crippen LogP contribution in [0.15, 0.2) is 47.1 Å². The molecule has 0 saturated heterocycles. The third-order valence-corrected chi connectivity index (χ3v) is 2.44. The average Bonchev–Trinajstić information content (AvgIpc) is 2.82. The van der Waals surface area contributed by atoms with Crippen LogP contribution in [0, 0.1) is 0 Å². The highest BCUT2D eigenvalue weighted by Crippen LogP contribution is 2.17. The lowest BCUT2D eigenvalue weighted by atomic mass is 10.1. The SMILES string of the molecule is C/C=C/[C@H](O)CC/C=C\C[C@@H](O)c1ccco1. The smallest absolute Gasteiger partial charge is 0.132 e. The Morgan fingerprint density at radius 1 is 1.35 bits per heavy atom. The molecule has 0 aromatic carbocycles. The molecule has 0 spiro atoms. The van der Waals surface area contributed by atoms with Crippen LogP contribution in [0.25, 0.3) is 0 Å². The molecule has 1 aromatic rings. The molecule has 2 atom stereocenters. The first-order valence-corrected chi connectivity index (χ1v) is 5.91. The minimum atomic E-state index is -0.582. The summed E-state index contributed by atoms with van der Waals surface area (Å²) in [6.07, 6.45) is 10.1. The zero-order chi connectivity index (χ0) is 12.5. The molecule has 0 fully saturated rings. The monoisotopic (exact) mass is 236 g/mol. The number of aliphatic hydroxyl groups excluding tert-OH is 2. The quantitative estimate of drug-likeness (QED) is 0.716. The van der Waals surface area contributed by atoms with Gasteiger partial charge in [0, 0.05) is 0 Å². The molecule has 2 N–H and O–H groups in total. The van der Waals surface area contributed by atoms with Crippen molar-refractivity contribution in [2.75, 3.05) is 0 Å². The van der Waals surface area contributed by atoms with E-state index in [0.29, 0.717) is 18.6 Å². The summed E-state index contributed by atoms with van der Waals surface area (Å²) in [6.45, 7) is 1.89. The molecule has 0 aliphatic carbocycles. The topological polar surface area (TPSA) is 53.6 Å². The Hall–Kier alpha value is -1.32. The standard InChI is InChI=1S/C14H20O3/c1-2-7-12(15)8-4-3-5-9-13(16)14-10-6-11-17-14/h2-3,5-7,10-13,15-16H,4,8-9H2,1H3/b5-3-,7-2+/t12-,13+/m0/s1. The number of aliphatic hydroxyl groups is 2. The Morgan fingerprint density at radius 2 is 2.18 bits per heavy atom. The molecule has 0 amide bonds.